The number of aryl methyl sites for hydroxylation is 1. The van der Waals surface area contributed by atoms with Crippen LogP contribution < -0.4 is 0 Å². The summed E-state index contributed by atoms with van der Waals surface area (Å²) in [6, 6.07) is 8.25. The predicted octanol–water partition coefficient (Wildman–Crippen LogP) is 2.74. The number of esters is 1. The van der Waals surface area contributed by atoms with Crippen LogP contribution in [0.3, 0.4) is 0 Å². The van der Waals surface area contributed by atoms with Gasteiger partial charge in [-0.15, -0.1) is 0 Å². The van der Waals surface area contributed by atoms with E-state index in [-0.39, 0.29) is 11.9 Å². The zero-order valence-electron chi connectivity index (χ0n) is 9.62. The van der Waals surface area contributed by atoms with Gasteiger partial charge in [-0.25, -0.2) is 0 Å². The summed E-state index contributed by atoms with van der Waals surface area (Å²) in [5, 5.41) is 0. The summed E-state index contributed by atoms with van der Waals surface area (Å²) in [6.07, 6.45) is 0.749. The summed E-state index contributed by atoms with van der Waals surface area (Å²) in [4.78, 5) is 11.4. The van der Waals surface area contributed by atoms with Crippen LogP contribution in [0.2, 0.25) is 0 Å². The lowest BCUT2D eigenvalue weighted by Crippen LogP contribution is -2.16. The van der Waals surface area contributed by atoms with Crippen LogP contribution in [0.25, 0.3) is 0 Å². The number of benzene rings is 1. The average molecular weight is 206 g/mol. The first-order valence-electron chi connectivity index (χ1n) is 5.35. The van der Waals surface area contributed by atoms with Gasteiger partial charge in [0.25, 0.3) is 0 Å². The van der Waals surface area contributed by atoms with Crippen molar-refractivity contribution in [2.24, 2.45) is 5.92 Å². The molecule has 0 aliphatic carbocycles. The maximum Gasteiger partial charge on any atom is 0.308 e. The standard InChI is InChI=1S/C13H18O2/c1-4-15-13(14)11(3)9-12-7-5-10(2)6-8-12/h5-8,11H,4,9H2,1-3H3. The van der Waals surface area contributed by atoms with Gasteiger partial charge in [0.05, 0.1) is 12.5 Å². The highest BCUT2D eigenvalue weighted by atomic mass is 16.5. The van der Waals surface area contributed by atoms with E-state index in [1.807, 2.05) is 13.8 Å². The lowest BCUT2D eigenvalue weighted by molar-refractivity contribution is -0.147. The van der Waals surface area contributed by atoms with Crippen LogP contribution in [0.5, 0.6) is 0 Å². The van der Waals surface area contributed by atoms with Crippen molar-refractivity contribution >= 4 is 5.97 Å². The maximum atomic E-state index is 11.4. The Labute approximate surface area is 91.3 Å². The maximum absolute atomic E-state index is 11.4. The highest BCUT2D eigenvalue weighted by Gasteiger charge is 2.13. The summed E-state index contributed by atoms with van der Waals surface area (Å²) in [5.74, 6) is -0.175. The molecule has 0 N–H and O–H groups in total. The molecule has 1 unspecified atom stereocenters. The molecular weight excluding hydrogens is 188 g/mol. The van der Waals surface area contributed by atoms with Crippen molar-refractivity contribution < 1.29 is 9.53 Å². The van der Waals surface area contributed by atoms with Gasteiger partial charge in [0, 0.05) is 0 Å². The Hall–Kier alpha value is -1.31. The summed E-state index contributed by atoms with van der Waals surface area (Å²) in [6.45, 7) is 6.24. The predicted molar refractivity (Wildman–Crippen MR) is 60.7 cm³/mol. The van der Waals surface area contributed by atoms with Crippen LogP contribution in [0.4, 0.5) is 0 Å². The van der Waals surface area contributed by atoms with E-state index in [0.717, 1.165) is 6.42 Å². The fourth-order valence-electron chi connectivity index (χ4n) is 1.45. The van der Waals surface area contributed by atoms with Gasteiger partial charge >= 0.3 is 5.97 Å². The minimum Gasteiger partial charge on any atom is -0.466 e. The van der Waals surface area contributed by atoms with Crippen LogP contribution >= 0.6 is 0 Å². The topological polar surface area (TPSA) is 26.3 Å². The third-order valence-electron chi connectivity index (χ3n) is 2.35. The van der Waals surface area contributed by atoms with Crippen LogP contribution in [-0.4, -0.2) is 12.6 Å². The summed E-state index contributed by atoms with van der Waals surface area (Å²) in [7, 11) is 0. The molecular formula is C13H18O2. The van der Waals surface area contributed by atoms with Crippen LogP contribution in [0.1, 0.15) is 25.0 Å². The molecule has 2 nitrogen and oxygen atoms in total. The Bertz CT molecular complexity index is 314. The Morgan fingerprint density at radius 2 is 1.93 bits per heavy atom. The number of rotatable bonds is 4. The molecule has 82 valence electrons. The van der Waals surface area contributed by atoms with Crippen LogP contribution in [0, 0.1) is 12.8 Å². The quantitative estimate of drug-likeness (QED) is 0.708. The summed E-state index contributed by atoms with van der Waals surface area (Å²) >= 11 is 0. The Morgan fingerprint density at radius 1 is 1.33 bits per heavy atom. The molecule has 1 rings (SSSR count). The zero-order valence-corrected chi connectivity index (χ0v) is 9.62. The number of hydrogen-bond acceptors (Lipinski definition) is 2. The van der Waals surface area contributed by atoms with E-state index in [2.05, 4.69) is 31.2 Å². The molecule has 1 aromatic rings. The molecule has 1 atom stereocenters. The van der Waals surface area contributed by atoms with Crippen molar-refractivity contribution in [2.45, 2.75) is 27.2 Å². The molecule has 2 heteroatoms. The largest absolute Gasteiger partial charge is 0.466 e. The van der Waals surface area contributed by atoms with Crippen LogP contribution in [-0.2, 0) is 16.0 Å². The van der Waals surface area contributed by atoms with Gasteiger partial charge in [0.15, 0.2) is 0 Å². The fourth-order valence-corrected chi connectivity index (χ4v) is 1.45. The molecule has 15 heavy (non-hydrogen) atoms. The number of carbonyl (C=O) groups is 1. The Morgan fingerprint density at radius 3 is 2.47 bits per heavy atom. The minimum atomic E-state index is -0.113. The van der Waals surface area contributed by atoms with E-state index in [9.17, 15) is 4.79 Å². The first-order valence-corrected chi connectivity index (χ1v) is 5.35. The second-order valence-electron chi connectivity index (χ2n) is 3.84. The van der Waals surface area contributed by atoms with Crippen molar-refractivity contribution in [3.63, 3.8) is 0 Å². The fraction of sp³-hybridized carbons (Fsp3) is 0.462. The molecule has 0 radical (unpaired) electrons. The van der Waals surface area contributed by atoms with Crippen molar-refractivity contribution in [1.82, 2.24) is 0 Å². The third kappa shape index (κ3) is 3.74. The average Bonchev–Trinajstić information content (AvgIpc) is 2.22. The molecule has 0 amide bonds. The van der Waals surface area contributed by atoms with Crippen molar-refractivity contribution in [3.05, 3.63) is 35.4 Å². The first-order chi connectivity index (χ1) is 7.13. The summed E-state index contributed by atoms with van der Waals surface area (Å²) < 4.78 is 4.96. The van der Waals surface area contributed by atoms with E-state index < -0.39 is 0 Å². The lowest BCUT2D eigenvalue weighted by Gasteiger charge is -2.10. The Balaban J connectivity index is 2.54. The molecule has 0 aliphatic rings. The van der Waals surface area contributed by atoms with Crippen molar-refractivity contribution in [3.8, 4) is 0 Å². The van der Waals surface area contributed by atoms with Gasteiger partial charge in [-0.2, -0.15) is 0 Å². The molecule has 0 aromatic heterocycles. The van der Waals surface area contributed by atoms with Crippen molar-refractivity contribution in [1.29, 1.82) is 0 Å². The second kappa shape index (κ2) is 5.54. The van der Waals surface area contributed by atoms with E-state index in [1.165, 1.54) is 11.1 Å². The third-order valence-corrected chi connectivity index (χ3v) is 2.35. The number of carbonyl (C=O) groups excluding carboxylic acids is 1. The van der Waals surface area contributed by atoms with Crippen LogP contribution in [0.15, 0.2) is 24.3 Å². The molecule has 0 heterocycles. The van der Waals surface area contributed by atoms with Gasteiger partial charge in [-0.05, 0) is 25.8 Å². The second-order valence-corrected chi connectivity index (χ2v) is 3.84. The Kier molecular flexibility index (Phi) is 4.35. The molecule has 0 saturated carbocycles. The molecule has 0 bridgehead atoms. The molecule has 0 spiro atoms. The molecule has 0 saturated heterocycles. The summed E-state index contributed by atoms with van der Waals surface area (Å²) in [5.41, 5.74) is 2.42. The van der Waals surface area contributed by atoms with E-state index >= 15 is 0 Å². The van der Waals surface area contributed by atoms with E-state index in [0.29, 0.717) is 6.61 Å². The molecule has 0 fully saturated rings. The van der Waals surface area contributed by atoms with Gasteiger partial charge in [-0.3, -0.25) is 4.79 Å². The zero-order chi connectivity index (χ0) is 11.3. The monoisotopic (exact) mass is 206 g/mol. The number of hydrogen-bond donors (Lipinski definition) is 0. The van der Waals surface area contributed by atoms with Gasteiger partial charge < -0.3 is 4.74 Å². The smallest absolute Gasteiger partial charge is 0.308 e. The van der Waals surface area contributed by atoms with E-state index in [1.54, 1.807) is 0 Å². The highest BCUT2D eigenvalue weighted by molar-refractivity contribution is 5.72. The number of ether oxygens (including phenoxy) is 1. The molecule has 1 aromatic carbocycles. The first kappa shape index (κ1) is 11.8. The highest BCUT2D eigenvalue weighted by Crippen LogP contribution is 2.11. The van der Waals surface area contributed by atoms with Gasteiger partial charge in [0.1, 0.15) is 0 Å². The van der Waals surface area contributed by atoms with E-state index in [4.69, 9.17) is 4.74 Å². The van der Waals surface area contributed by atoms with Gasteiger partial charge in [0.2, 0.25) is 0 Å². The molecule has 0 aliphatic heterocycles. The SMILES string of the molecule is CCOC(=O)C(C)Cc1ccc(C)cc1. The minimum absolute atomic E-state index is 0.0624. The van der Waals surface area contributed by atoms with Gasteiger partial charge in [-0.1, -0.05) is 36.8 Å². The lowest BCUT2D eigenvalue weighted by atomic mass is 10.0. The van der Waals surface area contributed by atoms with Crippen molar-refractivity contribution in [2.75, 3.05) is 6.61 Å². The normalized spacial score (nSPS) is 12.2.